The minimum atomic E-state index is -0.577. The van der Waals surface area contributed by atoms with Gasteiger partial charge in [0.25, 0.3) is 0 Å². The molecular weight excluding hydrogens is 1220 g/mol. The van der Waals surface area contributed by atoms with Crippen molar-refractivity contribution in [3.8, 4) is 72.7 Å². The minimum Gasteiger partial charge on any atom is -0.309 e. The Kier molecular flexibility index (Phi) is 12.5. The first-order valence-corrected chi connectivity index (χ1v) is 34.2. The number of aromatic nitrogens is 3. The Morgan fingerprint density at radius 2 is 0.554 bits per heavy atom. The number of hydrogen-bond donors (Lipinski definition) is 0. The van der Waals surface area contributed by atoms with E-state index in [1.807, 2.05) is 154 Å². The van der Waals surface area contributed by atoms with Crippen LogP contribution in [0.2, 0.25) is 0 Å². The van der Waals surface area contributed by atoms with E-state index in [0.717, 1.165) is 105 Å². The highest BCUT2D eigenvalue weighted by molar-refractivity contribution is 6.21. The Labute approximate surface area is 621 Å². The third-order valence-corrected chi connectivity index (χ3v) is 18.7. The second-order valence-corrected chi connectivity index (χ2v) is 28.7. The van der Waals surface area contributed by atoms with Crippen LogP contribution >= 0.6 is 0 Å². The molecule has 0 saturated carbocycles. The maximum absolute atomic E-state index is 8.99. The van der Waals surface area contributed by atoms with Crippen molar-refractivity contribution >= 4 is 65.4 Å². The van der Waals surface area contributed by atoms with Crippen LogP contribution in [-0.4, -0.2) is 13.7 Å². The summed E-state index contributed by atoms with van der Waals surface area (Å²) in [6.07, 6.45) is 0. The van der Waals surface area contributed by atoms with Crippen LogP contribution in [0.5, 0.6) is 0 Å². The SMILES string of the molecule is [2H]c1c([2H])c(C)c([2H])c(-c2cccc3c2c2c(C(C)(C)C)cccc2n3-c2ccccc2)c1[2H].[2H]c1c([2H])c([2H])c(-c2cccc3c2c2c(C(C)(C)C)c(-c4c([2H])c([2H])c([2H])c(C)c4[2H])ccc2n3-c2ccccc2)c([2H])c1[2H].[2H]c1c([2H])c([2H])c(-c2cccc3c2c2c(C(C)(C)C)c(-c4ccccc4)ccc2n3-c2ccccc2)c([2H])c1[2H]. The summed E-state index contributed by atoms with van der Waals surface area (Å²) in [5.74, 6) is 0. The number of benzene rings is 14. The summed E-state index contributed by atoms with van der Waals surface area (Å²) < 4.78 is 160. The van der Waals surface area contributed by atoms with E-state index in [1.165, 1.54) is 5.56 Å². The normalized spacial score (nSPS) is 14.4. The first-order valence-electron chi connectivity index (χ1n) is 43.2. The summed E-state index contributed by atoms with van der Waals surface area (Å²) in [4.78, 5) is 0. The molecule has 3 heteroatoms. The van der Waals surface area contributed by atoms with Gasteiger partial charge in [-0.25, -0.2) is 0 Å². The molecule has 0 unspecified atom stereocenters. The molecule has 3 aromatic heterocycles. The highest BCUT2D eigenvalue weighted by Gasteiger charge is 2.30. The van der Waals surface area contributed by atoms with Gasteiger partial charge < -0.3 is 13.7 Å². The molecule has 0 aliphatic carbocycles. The first kappa shape index (κ1) is 47.5. The molecule has 494 valence electrons. The number of hydrogen-bond acceptors (Lipinski definition) is 0. The second kappa shape index (κ2) is 26.6. The van der Waals surface area contributed by atoms with E-state index in [2.05, 4.69) is 134 Å². The van der Waals surface area contributed by atoms with Crippen LogP contribution in [0.15, 0.2) is 327 Å². The van der Waals surface area contributed by atoms with Crippen molar-refractivity contribution in [1.82, 2.24) is 13.7 Å². The lowest BCUT2D eigenvalue weighted by Crippen LogP contribution is -2.13. The minimum absolute atomic E-state index is 0.0171. The summed E-state index contributed by atoms with van der Waals surface area (Å²) in [6.45, 7) is 22.6. The first-order chi connectivity index (χ1) is 56.4. The van der Waals surface area contributed by atoms with Gasteiger partial charge in [-0.2, -0.15) is 0 Å². The number of nitrogens with zero attached hydrogens (tertiary/aromatic N) is 3. The average molecular weight is 1320 g/mol. The molecular formula is C98H87N3. The van der Waals surface area contributed by atoms with E-state index in [1.54, 1.807) is 19.9 Å². The monoisotopic (exact) mass is 1320 g/mol. The van der Waals surface area contributed by atoms with Crippen LogP contribution in [0.1, 0.15) is 115 Å². The van der Waals surface area contributed by atoms with Gasteiger partial charge in [0.05, 0.1) is 57.8 Å². The molecule has 0 saturated heterocycles. The van der Waals surface area contributed by atoms with E-state index in [0.29, 0.717) is 38.8 Å². The highest BCUT2D eigenvalue weighted by Crippen LogP contribution is 2.50. The molecule has 0 N–H and O–H groups in total. The zero-order valence-electron chi connectivity index (χ0n) is 76.6. The van der Waals surface area contributed by atoms with Crippen molar-refractivity contribution in [3.05, 3.63) is 355 Å². The molecule has 17 rings (SSSR count). The summed E-state index contributed by atoms with van der Waals surface area (Å²) in [5, 5.41) is 5.42. The molecule has 3 heterocycles. The maximum Gasteiger partial charge on any atom is 0.0632 e. The highest BCUT2D eigenvalue weighted by atomic mass is 15.0. The van der Waals surface area contributed by atoms with Gasteiger partial charge in [0.1, 0.15) is 0 Å². The number of rotatable bonds is 8. The smallest absolute Gasteiger partial charge is 0.0632 e. The fourth-order valence-corrected chi connectivity index (χ4v) is 14.8. The van der Waals surface area contributed by atoms with Crippen molar-refractivity contribution in [3.63, 3.8) is 0 Å². The Bertz CT molecular complexity index is 6890. The van der Waals surface area contributed by atoms with E-state index < -0.39 is 23.5 Å². The second-order valence-electron chi connectivity index (χ2n) is 28.7. The Hall–Kier alpha value is -11.5. The fourth-order valence-electron chi connectivity index (χ4n) is 14.8. The Morgan fingerprint density at radius 3 is 0.941 bits per heavy atom. The largest absolute Gasteiger partial charge is 0.309 e. The van der Waals surface area contributed by atoms with Crippen molar-refractivity contribution in [2.24, 2.45) is 0 Å². The molecule has 14 aromatic carbocycles. The van der Waals surface area contributed by atoms with E-state index in [-0.39, 0.29) is 118 Å². The average Bonchev–Trinajstić information content (AvgIpc) is 1.60. The zero-order valence-corrected chi connectivity index (χ0v) is 58.6. The zero-order chi connectivity index (χ0) is 85.4. The number of para-hydroxylation sites is 3. The molecule has 0 bridgehead atoms. The van der Waals surface area contributed by atoms with Crippen LogP contribution in [0.4, 0.5) is 0 Å². The lowest BCUT2D eigenvalue weighted by atomic mass is 9.78. The molecule has 0 aliphatic heterocycles. The summed E-state index contributed by atoms with van der Waals surface area (Å²) in [5.41, 5.74) is 17.0. The summed E-state index contributed by atoms with van der Waals surface area (Å²) >= 11 is 0. The van der Waals surface area contributed by atoms with Gasteiger partial charge in [0.15, 0.2) is 0 Å². The van der Waals surface area contributed by atoms with Crippen LogP contribution in [0, 0.1) is 13.8 Å². The maximum atomic E-state index is 8.99. The van der Waals surface area contributed by atoms with Crippen LogP contribution < -0.4 is 0 Å². The molecule has 3 nitrogen and oxygen atoms in total. The summed E-state index contributed by atoms with van der Waals surface area (Å²) in [7, 11) is 0. The summed E-state index contributed by atoms with van der Waals surface area (Å²) in [6, 6.07) is 68.3. The molecule has 0 spiro atoms. The molecule has 101 heavy (non-hydrogen) atoms. The molecule has 0 aliphatic rings. The van der Waals surface area contributed by atoms with Crippen LogP contribution in [0.3, 0.4) is 0 Å². The van der Waals surface area contributed by atoms with Crippen molar-refractivity contribution < 1.29 is 24.7 Å². The van der Waals surface area contributed by atoms with Gasteiger partial charge in [0.2, 0.25) is 0 Å². The van der Waals surface area contributed by atoms with Gasteiger partial charge in [-0.15, -0.1) is 0 Å². The molecule has 0 radical (unpaired) electrons. The lowest BCUT2D eigenvalue weighted by Gasteiger charge is -2.25. The van der Waals surface area contributed by atoms with Gasteiger partial charge in [-0.1, -0.05) is 328 Å². The standard InChI is InChI=1S/C35H31N.C34H29N.C29H27N/c1-24-13-11-16-26(23-24)29-21-22-31-33(34(29)35(2,3)4)32-28(25-14-7-5-8-15-25)19-12-20-30(32)36(31)27-17-9-6-10-18-27;1-34(2,3)33-28(25-16-9-5-10-17-25)22-23-30-32(33)31-27(24-14-7-4-8-15-24)20-13-21-29(31)35(30)26-18-11-6-12-19-26;1-20-11-8-12-21(19-20)23-15-9-17-25-27(23)28-24(29(2,3)4)16-10-18-26(28)30(25)22-13-6-5-7-14-22/h5-23H,1-4H3;4-23H,1-3H3;5-19H,1-4H3/i5D,7D,8D,11D,13D,14D,15D,16D,23D;4D,7D,8D,14D,15D;8D,11D,12D,19D. The Balaban J connectivity index is 0.000000141. The van der Waals surface area contributed by atoms with Crippen molar-refractivity contribution in [2.45, 2.75) is 92.4 Å². The van der Waals surface area contributed by atoms with Gasteiger partial charge in [0, 0.05) is 49.4 Å². The van der Waals surface area contributed by atoms with Crippen LogP contribution in [-0.2, 0) is 16.2 Å². The predicted octanol–water partition coefficient (Wildman–Crippen LogP) is 27.2. The fraction of sp³-hybridized carbons (Fsp3) is 0.143. The van der Waals surface area contributed by atoms with E-state index >= 15 is 0 Å². The predicted molar refractivity (Wildman–Crippen MR) is 435 cm³/mol. The quantitative estimate of drug-likeness (QED) is 0.144. The third kappa shape index (κ3) is 12.2. The van der Waals surface area contributed by atoms with E-state index in [9.17, 15) is 0 Å². The Morgan fingerprint density at radius 1 is 0.238 bits per heavy atom. The molecule has 17 aromatic rings. The topological polar surface area (TPSA) is 14.8 Å². The molecule has 0 atom stereocenters. The van der Waals surface area contributed by atoms with Gasteiger partial charge in [-0.3, -0.25) is 0 Å². The molecule has 0 fully saturated rings. The lowest BCUT2D eigenvalue weighted by molar-refractivity contribution is 0.596. The van der Waals surface area contributed by atoms with Crippen LogP contribution in [0.25, 0.3) is 138 Å². The molecule has 0 amide bonds. The number of fused-ring (bicyclic) bond motifs is 9. The van der Waals surface area contributed by atoms with Gasteiger partial charge in [-0.05, 0) is 175 Å². The van der Waals surface area contributed by atoms with E-state index in [4.69, 9.17) is 24.7 Å². The van der Waals surface area contributed by atoms with Gasteiger partial charge >= 0.3 is 0 Å². The van der Waals surface area contributed by atoms with Crippen molar-refractivity contribution in [2.75, 3.05) is 0 Å². The van der Waals surface area contributed by atoms with Crippen molar-refractivity contribution in [1.29, 1.82) is 0 Å². The third-order valence-electron chi connectivity index (χ3n) is 18.7.